The summed E-state index contributed by atoms with van der Waals surface area (Å²) in [5.74, 6) is 0.197. The SMILES string of the molecule is Cc1cc2c(cnn2-c2ccc(F)cc2)cc1[C@@]12CN(C(=O)c3ccc(C#N)cn3)C[C@@H]1[C@H]2c1ccccc1. The maximum absolute atomic E-state index is 13.5. The average Bonchev–Trinajstić information content (AvgIpc) is 3.23. The van der Waals surface area contributed by atoms with Crippen molar-refractivity contribution in [1.29, 1.82) is 5.26 Å². The van der Waals surface area contributed by atoms with Gasteiger partial charge in [-0.2, -0.15) is 10.4 Å². The molecule has 0 radical (unpaired) electrons. The molecule has 0 unspecified atom stereocenters. The number of halogens is 1. The second kappa shape index (κ2) is 8.60. The third-order valence-electron chi connectivity index (χ3n) is 8.42. The van der Waals surface area contributed by atoms with Gasteiger partial charge < -0.3 is 4.90 Å². The minimum atomic E-state index is -0.281. The number of fused-ring (bicyclic) bond motifs is 2. The third kappa shape index (κ3) is 3.56. The lowest BCUT2D eigenvalue weighted by Gasteiger charge is -2.25. The summed E-state index contributed by atoms with van der Waals surface area (Å²) in [6, 6.07) is 26.6. The number of hydrogen-bond donors (Lipinski definition) is 0. The van der Waals surface area contributed by atoms with Crippen molar-refractivity contribution < 1.29 is 9.18 Å². The molecule has 7 heteroatoms. The molecule has 39 heavy (non-hydrogen) atoms. The molecule has 5 aromatic rings. The predicted molar refractivity (Wildman–Crippen MR) is 145 cm³/mol. The van der Waals surface area contributed by atoms with Crippen LogP contribution in [-0.4, -0.2) is 38.7 Å². The highest BCUT2D eigenvalue weighted by Crippen LogP contribution is 2.69. The van der Waals surface area contributed by atoms with Gasteiger partial charge in [0.1, 0.15) is 17.6 Å². The van der Waals surface area contributed by atoms with Crippen LogP contribution in [0.3, 0.4) is 0 Å². The zero-order valence-corrected chi connectivity index (χ0v) is 21.3. The number of aryl methyl sites for hydroxylation is 1. The van der Waals surface area contributed by atoms with Gasteiger partial charge in [-0.3, -0.25) is 4.79 Å². The van der Waals surface area contributed by atoms with E-state index >= 15 is 0 Å². The summed E-state index contributed by atoms with van der Waals surface area (Å²) in [5.41, 5.74) is 6.00. The number of nitriles is 1. The number of piperidine rings is 1. The number of aromatic nitrogens is 3. The Morgan fingerprint density at radius 3 is 2.56 bits per heavy atom. The van der Waals surface area contributed by atoms with E-state index < -0.39 is 0 Å². The number of pyridine rings is 1. The zero-order chi connectivity index (χ0) is 26.7. The minimum absolute atomic E-state index is 0.110. The Morgan fingerprint density at radius 1 is 1.05 bits per heavy atom. The Kier molecular flexibility index (Phi) is 5.14. The Balaban J connectivity index is 1.29. The van der Waals surface area contributed by atoms with Gasteiger partial charge in [-0.1, -0.05) is 30.3 Å². The van der Waals surface area contributed by atoms with Crippen LogP contribution in [0.15, 0.2) is 91.3 Å². The van der Waals surface area contributed by atoms with E-state index in [1.165, 1.54) is 29.5 Å². The molecular weight excluding hydrogens is 489 g/mol. The number of likely N-dealkylation sites (tertiary alicyclic amines) is 1. The van der Waals surface area contributed by atoms with Crippen molar-refractivity contribution in [2.75, 3.05) is 13.1 Å². The first-order chi connectivity index (χ1) is 19.0. The van der Waals surface area contributed by atoms with Crippen LogP contribution in [-0.2, 0) is 5.41 Å². The van der Waals surface area contributed by atoms with E-state index in [2.05, 4.69) is 59.5 Å². The van der Waals surface area contributed by atoms with E-state index in [1.54, 1.807) is 24.3 Å². The minimum Gasteiger partial charge on any atom is -0.336 e. The van der Waals surface area contributed by atoms with E-state index in [0.29, 0.717) is 30.3 Å². The number of amides is 1. The molecule has 3 aromatic carbocycles. The Hall–Kier alpha value is -4.83. The first-order valence-electron chi connectivity index (χ1n) is 12.9. The van der Waals surface area contributed by atoms with E-state index in [4.69, 9.17) is 5.26 Å². The van der Waals surface area contributed by atoms with Gasteiger partial charge in [-0.25, -0.2) is 14.1 Å². The van der Waals surface area contributed by atoms with Crippen molar-refractivity contribution in [3.63, 3.8) is 0 Å². The van der Waals surface area contributed by atoms with Gasteiger partial charge in [-0.15, -0.1) is 0 Å². The van der Waals surface area contributed by atoms with Crippen molar-refractivity contribution in [2.45, 2.75) is 18.3 Å². The Morgan fingerprint density at radius 2 is 1.85 bits per heavy atom. The second-order valence-corrected chi connectivity index (χ2v) is 10.5. The molecule has 2 aromatic heterocycles. The molecule has 1 saturated carbocycles. The molecule has 2 fully saturated rings. The summed E-state index contributed by atoms with van der Waals surface area (Å²) >= 11 is 0. The Bertz CT molecular complexity index is 1770. The van der Waals surface area contributed by atoms with Crippen molar-refractivity contribution in [1.82, 2.24) is 19.7 Å². The second-order valence-electron chi connectivity index (χ2n) is 10.5. The lowest BCUT2D eigenvalue weighted by molar-refractivity contribution is 0.0763. The van der Waals surface area contributed by atoms with Crippen molar-refractivity contribution in [3.8, 4) is 11.8 Å². The van der Waals surface area contributed by atoms with Crippen LogP contribution in [0.2, 0.25) is 0 Å². The Labute approximate surface area is 224 Å². The summed E-state index contributed by atoms with van der Waals surface area (Å²) < 4.78 is 15.3. The summed E-state index contributed by atoms with van der Waals surface area (Å²) in [7, 11) is 0. The molecule has 3 heterocycles. The maximum atomic E-state index is 13.5. The largest absolute Gasteiger partial charge is 0.336 e. The molecule has 1 amide bonds. The van der Waals surface area contributed by atoms with Gasteiger partial charge in [0.25, 0.3) is 5.91 Å². The molecule has 0 spiro atoms. The molecule has 0 bridgehead atoms. The predicted octanol–water partition coefficient (Wildman–Crippen LogP) is 5.55. The summed E-state index contributed by atoms with van der Waals surface area (Å²) in [5, 5.41) is 14.7. The fraction of sp³-hybridized carbons (Fsp3) is 0.188. The highest BCUT2D eigenvalue weighted by atomic mass is 19.1. The zero-order valence-electron chi connectivity index (χ0n) is 21.3. The van der Waals surface area contributed by atoms with Crippen molar-refractivity contribution in [2.24, 2.45) is 5.92 Å². The maximum Gasteiger partial charge on any atom is 0.272 e. The lowest BCUT2D eigenvalue weighted by atomic mass is 9.86. The van der Waals surface area contributed by atoms with Gasteiger partial charge in [0.2, 0.25) is 0 Å². The third-order valence-corrected chi connectivity index (χ3v) is 8.42. The van der Waals surface area contributed by atoms with Crippen LogP contribution < -0.4 is 0 Å². The van der Waals surface area contributed by atoms with Gasteiger partial charge in [0.15, 0.2) is 0 Å². The fourth-order valence-electron chi connectivity index (χ4n) is 6.63. The van der Waals surface area contributed by atoms with E-state index in [1.807, 2.05) is 21.8 Å². The molecular formula is C32H24FN5O. The smallest absolute Gasteiger partial charge is 0.272 e. The van der Waals surface area contributed by atoms with Gasteiger partial charge >= 0.3 is 0 Å². The van der Waals surface area contributed by atoms with Crippen LogP contribution in [0.25, 0.3) is 16.6 Å². The molecule has 0 N–H and O–H groups in total. The van der Waals surface area contributed by atoms with Crippen LogP contribution in [0.4, 0.5) is 4.39 Å². The first-order valence-corrected chi connectivity index (χ1v) is 12.9. The first kappa shape index (κ1) is 23.3. The monoisotopic (exact) mass is 513 g/mol. The molecule has 1 saturated heterocycles. The van der Waals surface area contributed by atoms with Crippen molar-refractivity contribution >= 4 is 16.8 Å². The number of carbonyl (C=O) groups excluding carboxylic acids is 1. The van der Waals surface area contributed by atoms with Crippen molar-refractivity contribution in [3.05, 3.63) is 125 Å². The van der Waals surface area contributed by atoms with Crippen LogP contribution in [0.1, 0.15) is 38.7 Å². The standard InChI is InChI=1S/C32H24FN5O/c1-20-13-29-23(17-36-38(29)25-10-8-24(33)9-11-25)14-26(20)32-19-37(31(39)28-12-7-21(15-34)16-35-28)18-27(32)30(32)22-5-3-2-4-6-22/h2-14,16-17,27,30H,18-19H2,1H3/t27-,30-,32+/m1/s1. The molecule has 7 rings (SSSR count). The number of carbonyl (C=O) groups is 1. The summed E-state index contributed by atoms with van der Waals surface area (Å²) in [6.07, 6.45) is 3.30. The molecule has 1 aliphatic carbocycles. The average molecular weight is 514 g/mol. The summed E-state index contributed by atoms with van der Waals surface area (Å²) in [6.45, 7) is 3.36. The van der Waals surface area contributed by atoms with E-state index in [-0.39, 0.29) is 23.1 Å². The fourth-order valence-corrected chi connectivity index (χ4v) is 6.63. The van der Waals surface area contributed by atoms with Gasteiger partial charge in [0.05, 0.1) is 23.0 Å². The topological polar surface area (TPSA) is 74.8 Å². The number of benzene rings is 3. The normalized spacial score (nSPS) is 21.5. The summed E-state index contributed by atoms with van der Waals surface area (Å²) in [4.78, 5) is 19.6. The number of nitrogens with zero attached hydrogens (tertiary/aromatic N) is 5. The molecule has 1 aliphatic heterocycles. The molecule has 2 aliphatic rings. The quantitative estimate of drug-likeness (QED) is 0.316. The van der Waals surface area contributed by atoms with E-state index in [0.717, 1.165) is 22.2 Å². The number of rotatable bonds is 4. The van der Waals surface area contributed by atoms with Gasteiger partial charge in [0, 0.05) is 36.0 Å². The van der Waals surface area contributed by atoms with Crippen LogP contribution in [0.5, 0.6) is 0 Å². The molecule has 6 nitrogen and oxygen atoms in total. The van der Waals surface area contributed by atoms with Crippen LogP contribution >= 0.6 is 0 Å². The lowest BCUT2D eigenvalue weighted by Crippen LogP contribution is -2.35. The van der Waals surface area contributed by atoms with E-state index in [9.17, 15) is 9.18 Å². The molecule has 3 atom stereocenters. The number of hydrogen-bond acceptors (Lipinski definition) is 4. The highest BCUT2D eigenvalue weighted by Gasteiger charge is 2.71. The van der Waals surface area contributed by atoms with Crippen LogP contribution in [0, 0.1) is 30.0 Å². The molecule has 190 valence electrons. The highest BCUT2D eigenvalue weighted by molar-refractivity contribution is 5.93. The van der Waals surface area contributed by atoms with Gasteiger partial charge in [-0.05, 0) is 78.1 Å².